The van der Waals surface area contributed by atoms with Crippen LogP contribution in [-0.4, -0.2) is 22.9 Å². The first-order valence-corrected chi connectivity index (χ1v) is 9.49. The number of carbonyl (C=O) groups excluding carboxylic acids is 1. The maximum atomic E-state index is 12.3. The molecule has 3 rings (SSSR count). The van der Waals surface area contributed by atoms with E-state index in [2.05, 4.69) is 26.2 Å². The molecule has 1 aromatic heterocycles. The van der Waals surface area contributed by atoms with Crippen molar-refractivity contribution in [1.29, 1.82) is 0 Å². The Balaban J connectivity index is 1.80. The van der Waals surface area contributed by atoms with Crippen molar-refractivity contribution in [3.05, 3.63) is 67.0 Å². The maximum Gasteiger partial charge on any atom is 0.288 e. The molecule has 0 radical (unpaired) electrons. The van der Waals surface area contributed by atoms with Crippen molar-refractivity contribution in [2.75, 3.05) is 12.4 Å². The number of thiazole rings is 1. The van der Waals surface area contributed by atoms with E-state index in [1.807, 2.05) is 18.2 Å². The lowest BCUT2D eigenvalue weighted by molar-refractivity contribution is -0.384. The number of nitrogens with zero attached hydrogens (tertiary/aromatic N) is 2. The summed E-state index contributed by atoms with van der Waals surface area (Å²) in [6.07, 6.45) is 0. The van der Waals surface area contributed by atoms with Gasteiger partial charge in [0.25, 0.3) is 11.6 Å². The first kappa shape index (κ1) is 19.3. The zero-order valence-electron chi connectivity index (χ0n) is 13.7. The fraction of sp³-hybridized carbons (Fsp3) is 0.0588. The number of amides is 1. The van der Waals surface area contributed by atoms with E-state index in [9.17, 15) is 14.9 Å². The van der Waals surface area contributed by atoms with Crippen LogP contribution >= 0.6 is 38.9 Å². The molecule has 0 atom stereocenters. The molecule has 0 spiro atoms. The molecule has 1 amide bonds. The Morgan fingerprint density at radius 3 is 2.78 bits per heavy atom. The van der Waals surface area contributed by atoms with Crippen molar-refractivity contribution in [2.24, 2.45) is 0 Å². The summed E-state index contributed by atoms with van der Waals surface area (Å²) < 4.78 is 5.99. The number of nitro benzene ring substituents is 1. The molecule has 0 aliphatic rings. The SMILES string of the molecule is COc1ccc(-c2csc(NC(=O)c3ccc(Cl)c([N+](=O)[O-])c3)n2)cc1Br. The van der Waals surface area contributed by atoms with E-state index in [4.69, 9.17) is 16.3 Å². The molecular formula is C17H11BrClN3O4S. The lowest BCUT2D eigenvalue weighted by atomic mass is 10.2. The first-order chi connectivity index (χ1) is 12.9. The molecule has 3 aromatic rings. The topological polar surface area (TPSA) is 94.4 Å². The van der Waals surface area contributed by atoms with Gasteiger partial charge in [0.05, 0.1) is 22.2 Å². The van der Waals surface area contributed by atoms with Gasteiger partial charge in [0.1, 0.15) is 10.8 Å². The van der Waals surface area contributed by atoms with Crippen molar-refractivity contribution in [1.82, 2.24) is 4.98 Å². The number of nitro groups is 1. The molecule has 0 unspecified atom stereocenters. The molecule has 2 aromatic carbocycles. The van der Waals surface area contributed by atoms with Crippen LogP contribution in [-0.2, 0) is 0 Å². The van der Waals surface area contributed by atoms with Crippen LogP contribution in [0.4, 0.5) is 10.8 Å². The monoisotopic (exact) mass is 467 g/mol. The molecular weight excluding hydrogens is 458 g/mol. The lowest BCUT2D eigenvalue weighted by Gasteiger charge is -2.04. The Kier molecular flexibility index (Phi) is 5.73. The van der Waals surface area contributed by atoms with Gasteiger partial charge in [-0.1, -0.05) is 11.6 Å². The average Bonchev–Trinajstić information content (AvgIpc) is 3.10. The molecule has 1 heterocycles. The Morgan fingerprint density at radius 1 is 1.33 bits per heavy atom. The number of halogens is 2. The van der Waals surface area contributed by atoms with Crippen LogP contribution in [0, 0.1) is 10.1 Å². The molecule has 0 saturated heterocycles. The number of benzene rings is 2. The third-order valence-electron chi connectivity index (χ3n) is 3.58. The van der Waals surface area contributed by atoms with Crippen molar-refractivity contribution >= 4 is 55.6 Å². The fourth-order valence-electron chi connectivity index (χ4n) is 2.25. The second-order valence-electron chi connectivity index (χ2n) is 5.26. The van der Waals surface area contributed by atoms with Crippen LogP contribution in [0.1, 0.15) is 10.4 Å². The van der Waals surface area contributed by atoms with Crippen molar-refractivity contribution < 1.29 is 14.5 Å². The van der Waals surface area contributed by atoms with Gasteiger partial charge in [0.2, 0.25) is 0 Å². The smallest absolute Gasteiger partial charge is 0.288 e. The fourth-order valence-corrected chi connectivity index (χ4v) is 3.69. The van der Waals surface area contributed by atoms with Gasteiger partial charge in [-0.3, -0.25) is 20.2 Å². The third-order valence-corrected chi connectivity index (χ3v) is 5.27. The van der Waals surface area contributed by atoms with Gasteiger partial charge < -0.3 is 4.74 Å². The highest BCUT2D eigenvalue weighted by Gasteiger charge is 2.17. The number of nitrogens with one attached hydrogen (secondary N) is 1. The second-order valence-corrected chi connectivity index (χ2v) is 7.38. The number of methoxy groups -OCH3 is 1. The largest absolute Gasteiger partial charge is 0.496 e. The number of hydrogen-bond acceptors (Lipinski definition) is 6. The normalized spacial score (nSPS) is 10.5. The molecule has 10 heteroatoms. The minimum Gasteiger partial charge on any atom is -0.496 e. The van der Waals surface area contributed by atoms with Crippen LogP contribution < -0.4 is 10.1 Å². The molecule has 0 saturated carbocycles. The van der Waals surface area contributed by atoms with E-state index >= 15 is 0 Å². The highest BCUT2D eigenvalue weighted by molar-refractivity contribution is 9.10. The summed E-state index contributed by atoms with van der Waals surface area (Å²) >= 11 is 10.4. The van der Waals surface area contributed by atoms with Gasteiger partial charge in [0, 0.05) is 22.6 Å². The second kappa shape index (κ2) is 8.03. The summed E-state index contributed by atoms with van der Waals surface area (Å²) in [5.41, 5.74) is 1.32. The molecule has 1 N–H and O–H groups in total. The van der Waals surface area contributed by atoms with Crippen LogP contribution in [0.5, 0.6) is 5.75 Å². The van der Waals surface area contributed by atoms with Crippen LogP contribution in [0.15, 0.2) is 46.3 Å². The zero-order chi connectivity index (χ0) is 19.6. The highest BCUT2D eigenvalue weighted by atomic mass is 79.9. The van der Waals surface area contributed by atoms with E-state index in [0.29, 0.717) is 16.6 Å². The predicted octanol–water partition coefficient (Wildman–Crippen LogP) is 5.40. The van der Waals surface area contributed by atoms with Gasteiger partial charge in [-0.15, -0.1) is 11.3 Å². The van der Waals surface area contributed by atoms with E-state index in [1.165, 1.54) is 23.5 Å². The van der Waals surface area contributed by atoms with Crippen LogP contribution in [0.2, 0.25) is 5.02 Å². The van der Waals surface area contributed by atoms with Gasteiger partial charge in [-0.25, -0.2) is 4.98 Å². The summed E-state index contributed by atoms with van der Waals surface area (Å²) in [5.74, 6) is 0.193. The molecule has 138 valence electrons. The number of ether oxygens (including phenoxy) is 1. The van der Waals surface area contributed by atoms with E-state index in [0.717, 1.165) is 16.1 Å². The zero-order valence-corrected chi connectivity index (χ0v) is 16.9. The Labute approximate surface area is 171 Å². The van der Waals surface area contributed by atoms with E-state index < -0.39 is 10.8 Å². The van der Waals surface area contributed by atoms with E-state index in [-0.39, 0.29) is 16.3 Å². The number of carbonyl (C=O) groups is 1. The number of hydrogen-bond donors (Lipinski definition) is 1. The number of anilines is 1. The quantitative estimate of drug-likeness (QED) is 0.400. The summed E-state index contributed by atoms with van der Waals surface area (Å²) in [4.78, 5) is 27.1. The molecule has 7 nitrogen and oxygen atoms in total. The van der Waals surface area contributed by atoms with Crippen LogP contribution in [0.3, 0.4) is 0 Å². The van der Waals surface area contributed by atoms with E-state index in [1.54, 1.807) is 12.5 Å². The molecule has 0 bridgehead atoms. The standard InChI is InChI=1S/C17H11BrClN3O4S/c1-26-15-5-3-9(6-11(15)18)13-8-27-17(20-13)21-16(23)10-2-4-12(19)14(7-10)22(24)25/h2-8H,1H3,(H,20,21,23). The summed E-state index contributed by atoms with van der Waals surface area (Å²) in [6, 6.07) is 9.39. The van der Waals surface area contributed by atoms with Gasteiger partial charge >= 0.3 is 0 Å². The Morgan fingerprint density at radius 2 is 2.11 bits per heavy atom. The Hall–Kier alpha value is -2.49. The van der Waals surface area contributed by atoms with Gasteiger partial charge in [-0.2, -0.15) is 0 Å². The summed E-state index contributed by atoms with van der Waals surface area (Å²) in [6.45, 7) is 0. The molecule has 0 fully saturated rings. The summed E-state index contributed by atoms with van der Waals surface area (Å²) in [5, 5.41) is 15.7. The molecule has 0 aliphatic heterocycles. The molecule has 0 aliphatic carbocycles. The summed E-state index contributed by atoms with van der Waals surface area (Å²) in [7, 11) is 1.58. The van der Waals surface area contributed by atoms with Crippen molar-refractivity contribution in [3.63, 3.8) is 0 Å². The van der Waals surface area contributed by atoms with Gasteiger partial charge in [0.15, 0.2) is 5.13 Å². The van der Waals surface area contributed by atoms with Crippen molar-refractivity contribution in [3.8, 4) is 17.0 Å². The number of rotatable bonds is 5. The van der Waals surface area contributed by atoms with Crippen molar-refractivity contribution in [2.45, 2.75) is 0 Å². The van der Waals surface area contributed by atoms with Crippen LogP contribution in [0.25, 0.3) is 11.3 Å². The highest BCUT2D eigenvalue weighted by Crippen LogP contribution is 2.32. The third kappa shape index (κ3) is 4.26. The van der Waals surface area contributed by atoms with Gasteiger partial charge in [-0.05, 0) is 46.3 Å². The first-order valence-electron chi connectivity index (χ1n) is 7.43. The predicted molar refractivity (Wildman–Crippen MR) is 108 cm³/mol. The average molecular weight is 469 g/mol. The minimum absolute atomic E-state index is 0.0295. The lowest BCUT2D eigenvalue weighted by Crippen LogP contribution is -2.12. The Bertz CT molecular complexity index is 1040. The minimum atomic E-state index is -0.637. The molecule has 27 heavy (non-hydrogen) atoms. The number of aromatic nitrogens is 1. The maximum absolute atomic E-state index is 12.3.